The molecule has 2 fully saturated rings. The van der Waals surface area contributed by atoms with E-state index in [1.165, 1.54) is 25.4 Å². The highest BCUT2D eigenvalue weighted by Crippen LogP contribution is 2.38. The maximum atomic E-state index is 13.6. The second kappa shape index (κ2) is 10.7. The number of ether oxygens (including phenoxy) is 1. The van der Waals surface area contributed by atoms with E-state index in [4.69, 9.17) is 4.74 Å². The van der Waals surface area contributed by atoms with Gasteiger partial charge >= 0.3 is 0 Å². The van der Waals surface area contributed by atoms with E-state index in [1.54, 1.807) is 13.0 Å². The molecule has 5 rings (SSSR count). The number of aryl methyl sites for hydroxylation is 1. The Morgan fingerprint density at radius 3 is 2.63 bits per heavy atom. The summed E-state index contributed by atoms with van der Waals surface area (Å²) in [5.74, 6) is 0.897. The second-order valence-electron chi connectivity index (χ2n) is 10.6. The van der Waals surface area contributed by atoms with Crippen LogP contribution in [0.4, 0.5) is 8.78 Å². The van der Waals surface area contributed by atoms with Gasteiger partial charge in [0.25, 0.3) is 12.3 Å². The zero-order valence-corrected chi connectivity index (χ0v) is 21.8. The van der Waals surface area contributed by atoms with Gasteiger partial charge in [-0.05, 0) is 69.1 Å². The number of benzene rings is 1. The van der Waals surface area contributed by atoms with Crippen LogP contribution in [-0.2, 0) is 4.79 Å². The van der Waals surface area contributed by atoms with Crippen LogP contribution in [0.5, 0.6) is 5.75 Å². The smallest absolute Gasteiger partial charge is 0.263 e. The van der Waals surface area contributed by atoms with E-state index in [2.05, 4.69) is 32.5 Å². The molecule has 1 aromatic carbocycles. The number of rotatable bonds is 8. The van der Waals surface area contributed by atoms with Crippen molar-refractivity contribution in [3.05, 3.63) is 41.3 Å². The molecule has 2 saturated carbocycles. The molecule has 38 heavy (non-hydrogen) atoms. The third kappa shape index (κ3) is 5.49. The van der Waals surface area contributed by atoms with Gasteiger partial charge in [-0.1, -0.05) is 6.92 Å². The lowest BCUT2D eigenvalue weighted by Crippen LogP contribution is -2.47. The maximum Gasteiger partial charge on any atom is 0.263 e. The van der Waals surface area contributed by atoms with Gasteiger partial charge in [-0.15, -0.1) is 0 Å². The molecule has 3 atom stereocenters. The molecular formula is C28H33F2N5O3. The molecular weight excluding hydrogens is 492 g/mol. The lowest BCUT2D eigenvalue weighted by atomic mass is 9.82. The van der Waals surface area contributed by atoms with Gasteiger partial charge in [0.1, 0.15) is 23.3 Å². The van der Waals surface area contributed by atoms with Crippen LogP contribution in [-0.4, -0.2) is 45.5 Å². The highest BCUT2D eigenvalue weighted by Gasteiger charge is 2.31. The summed E-state index contributed by atoms with van der Waals surface area (Å²) in [5.41, 5.74) is 2.68. The molecule has 2 heterocycles. The topological polar surface area (TPSA) is 109 Å². The molecule has 2 aliphatic carbocycles. The molecule has 3 N–H and O–H groups in total. The number of alkyl halides is 2. The van der Waals surface area contributed by atoms with Crippen molar-refractivity contribution in [1.29, 1.82) is 0 Å². The molecule has 0 aliphatic heterocycles. The van der Waals surface area contributed by atoms with E-state index in [-0.39, 0.29) is 35.4 Å². The molecule has 0 unspecified atom stereocenters. The van der Waals surface area contributed by atoms with Crippen molar-refractivity contribution in [2.24, 2.45) is 11.8 Å². The van der Waals surface area contributed by atoms with Crippen molar-refractivity contribution in [2.75, 3.05) is 6.61 Å². The molecule has 3 aromatic rings. The minimum atomic E-state index is -2.64. The predicted molar refractivity (Wildman–Crippen MR) is 139 cm³/mol. The van der Waals surface area contributed by atoms with E-state index >= 15 is 0 Å². The molecule has 2 aromatic heterocycles. The predicted octanol–water partition coefficient (Wildman–Crippen LogP) is 5.08. The number of amides is 2. The highest BCUT2D eigenvalue weighted by atomic mass is 19.3. The van der Waals surface area contributed by atoms with Crippen LogP contribution in [0.15, 0.2) is 24.5 Å². The van der Waals surface area contributed by atoms with Crippen LogP contribution in [0.25, 0.3) is 22.3 Å². The number of aromatic nitrogens is 3. The summed E-state index contributed by atoms with van der Waals surface area (Å²) in [4.78, 5) is 36.9. The van der Waals surface area contributed by atoms with E-state index in [0.717, 1.165) is 32.1 Å². The normalized spacial score (nSPS) is 21.5. The molecule has 0 radical (unpaired) electrons. The maximum absolute atomic E-state index is 13.6. The number of aromatic amines is 1. The van der Waals surface area contributed by atoms with E-state index < -0.39 is 6.43 Å². The Hall–Kier alpha value is -3.56. The van der Waals surface area contributed by atoms with Crippen molar-refractivity contribution in [3.63, 3.8) is 0 Å². The van der Waals surface area contributed by atoms with Gasteiger partial charge in [-0.3, -0.25) is 9.59 Å². The Balaban J connectivity index is 1.43. The fourth-order valence-electron chi connectivity index (χ4n) is 5.35. The zero-order valence-electron chi connectivity index (χ0n) is 21.8. The lowest BCUT2D eigenvalue weighted by molar-refractivity contribution is -0.120. The Kier molecular flexibility index (Phi) is 7.32. The van der Waals surface area contributed by atoms with Crippen molar-refractivity contribution in [3.8, 4) is 17.0 Å². The Bertz CT molecular complexity index is 1350. The number of nitrogens with zero attached hydrogens (tertiary/aromatic N) is 2. The summed E-state index contributed by atoms with van der Waals surface area (Å²) in [5, 5.41) is 6.13. The van der Waals surface area contributed by atoms with Crippen LogP contribution >= 0.6 is 0 Å². The molecule has 0 saturated heterocycles. The first-order valence-electron chi connectivity index (χ1n) is 13.2. The fourth-order valence-corrected chi connectivity index (χ4v) is 5.35. The van der Waals surface area contributed by atoms with Crippen molar-refractivity contribution >= 4 is 22.8 Å². The van der Waals surface area contributed by atoms with Crippen molar-refractivity contribution in [2.45, 2.75) is 71.4 Å². The molecule has 8 nitrogen and oxygen atoms in total. The number of carbonyl (C=O) groups is 2. The van der Waals surface area contributed by atoms with Crippen molar-refractivity contribution in [1.82, 2.24) is 25.6 Å². The Morgan fingerprint density at radius 2 is 1.95 bits per heavy atom. The number of fused-ring (bicyclic) bond motifs is 1. The standard InChI is InChI=1S/C28H33F2N5O3/c1-14-10-19(7-8-21(14)34-16(3)36)35-28(37)23-15(2)33-26-24(31-13-32-25(23)26)20-11-18(27(29)30)6-9-22(20)38-12-17-4-5-17/h6,9,11,13-14,17,19,21,27,33H,4-5,7-8,10,12H2,1-3H3,(H,34,36)(H,35,37)/t14-,19-,21-/m0/s1. The van der Waals surface area contributed by atoms with Crippen LogP contribution in [0.3, 0.4) is 0 Å². The lowest BCUT2D eigenvalue weighted by Gasteiger charge is -2.34. The van der Waals surface area contributed by atoms with E-state index in [0.29, 0.717) is 51.8 Å². The number of hydrogen-bond donors (Lipinski definition) is 3. The Labute approximate surface area is 220 Å². The number of carbonyl (C=O) groups excluding carboxylic acids is 2. The van der Waals surface area contributed by atoms with Crippen LogP contribution < -0.4 is 15.4 Å². The van der Waals surface area contributed by atoms with Gasteiger partial charge in [-0.2, -0.15) is 0 Å². The minimum absolute atomic E-state index is 0.0293. The van der Waals surface area contributed by atoms with Crippen LogP contribution in [0.1, 0.15) is 74.0 Å². The number of nitrogens with one attached hydrogen (secondary N) is 3. The Morgan fingerprint density at radius 1 is 1.16 bits per heavy atom. The number of H-pyrrole nitrogens is 1. The number of halogens is 2. The summed E-state index contributed by atoms with van der Waals surface area (Å²) >= 11 is 0. The zero-order chi connectivity index (χ0) is 27.0. The molecule has 10 heteroatoms. The SMILES string of the molecule is CC(=O)N[C@H]1CC[C@H](NC(=O)c2c(C)[nH]c3c(-c4cc(C(F)F)ccc4OCC4CC4)ncnc23)C[C@@H]1C. The van der Waals surface area contributed by atoms with Crippen molar-refractivity contribution < 1.29 is 23.1 Å². The van der Waals surface area contributed by atoms with Gasteiger partial charge in [0.15, 0.2) is 0 Å². The molecule has 202 valence electrons. The summed E-state index contributed by atoms with van der Waals surface area (Å²) in [6, 6.07) is 4.41. The van der Waals surface area contributed by atoms with Crippen LogP contribution in [0.2, 0.25) is 0 Å². The summed E-state index contributed by atoms with van der Waals surface area (Å²) < 4.78 is 33.2. The third-order valence-corrected chi connectivity index (χ3v) is 7.57. The van der Waals surface area contributed by atoms with Gasteiger partial charge < -0.3 is 20.4 Å². The second-order valence-corrected chi connectivity index (χ2v) is 10.6. The minimum Gasteiger partial charge on any atom is -0.493 e. The molecule has 2 amide bonds. The largest absolute Gasteiger partial charge is 0.493 e. The highest BCUT2D eigenvalue weighted by molar-refractivity contribution is 6.09. The molecule has 0 spiro atoms. The molecule has 0 bridgehead atoms. The fraction of sp³-hybridized carbons (Fsp3) is 0.500. The summed E-state index contributed by atoms with van der Waals surface area (Å²) in [6.45, 7) is 5.90. The first-order valence-corrected chi connectivity index (χ1v) is 13.2. The monoisotopic (exact) mass is 525 g/mol. The quantitative estimate of drug-likeness (QED) is 0.380. The summed E-state index contributed by atoms with van der Waals surface area (Å²) in [6.07, 6.45) is 3.20. The first-order chi connectivity index (χ1) is 18.2. The summed E-state index contributed by atoms with van der Waals surface area (Å²) in [7, 11) is 0. The average Bonchev–Trinajstić information content (AvgIpc) is 3.63. The number of hydrogen-bond acceptors (Lipinski definition) is 5. The van der Waals surface area contributed by atoms with Gasteiger partial charge in [-0.25, -0.2) is 18.7 Å². The van der Waals surface area contributed by atoms with E-state index in [9.17, 15) is 18.4 Å². The average molecular weight is 526 g/mol. The molecule has 2 aliphatic rings. The van der Waals surface area contributed by atoms with Crippen LogP contribution in [0, 0.1) is 18.8 Å². The third-order valence-electron chi connectivity index (χ3n) is 7.57. The van der Waals surface area contributed by atoms with E-state index in [1.807, 2.05) is 0 Å². The van der Waals surface area contributed by atoms with Gasteiger partial charge in [0.05, 0.1) is 17.7 Å². The van der Waals surface area contributed by atoms with Gasteiger partial charge in [0, 0.05) is 35.8 Å². The van der Waals surface area contributed by atoms with Gasteiger partial charge in [0.2, 0.25) is 5.91 Å². The first kappa shape index (κ1) is 26.1.